The van der Waals surface area contributed by atoms with Crippen molar-refractivity contribution >= 4 is 0 Å². The summed E-state index contributed by atoms with van der Waals surface area (Å²) in [6.07, 6.45) is 2.58. The molecule has 0 spiro atoms. The molecule has 1 heterocycles. The van der Waals surface area contributed by atoms with Crippen LogP contribution in [-0.4, -0.2) is 62.2 Å². The summed E-state index contributed by atoms with van der Waals surface area (Å²) in [4.78, 5) is 5.21. The summed E-state index contributed by atoms with van der Waals surface area (Å²) < 4.78 is 0. The number of rotatable bonds is 6. The van der Waals surface area contributed by atoms with Crippen LogP contribution in [-0.2, 0) is 0 Å². The van der Waals surface area contributed by atoms with Crippen molar-refractivity contribution in [1.82, 2.24) is 15.1 Å². The second-order valence-electron chi connectivity index (χ2n) is 4.42. The van der Waals surface area contributed by atoms with Crippen LogP contribution in [0.4, 0.5) is 0 Å². The third kappa shape index (κ3) is 6.39. The number of hydrogen-bond acceptors (Lipinski definition) is 3. The number of nitrogens with one attached hydrogen (secondary N) is 1. The third-order valence-electron chi connectivity index (χ3n) is 3.57. The lowest BCUT2D eigenvalue weighted by Gasteiger charge is -2.38. The van der Waals surface area contributed by atoms with Crippen molar-refractivity contribution in [2.75, 3.05) is 46.3 Å². The van der Waals surface area contributed by atoms with Gasteiger partial charge < -0.3 is 10.2 Å². The quantitative estimate of drug-likeness (QED) is 0.770. The molecular weight excluding hydrogens is 210 g/mol. The molecule has 0 radical (unpaired) electrons. The zero-order valence-electron chi connectivity index (χ0n) is 12.6. The molecule has 0 aliphatic carbocycles. The van der Waals surface area contributed by atoms with Gasteiger partial charge in [-0.25, -0.2) is 0 Å². The van der Waals surface area contributed by atoms with Crippen LogP contribution >= 0.6 is 0 Å². The maximum Gasteiger partial charge on any atom is 0.0113 e. The Morgan fingerprint density at radius 2 is 1.65 bits per heavy atom. The summed E-state index contributed by atoms with van der Waals surface area (Å²) >= 11 is 0. The van der Waals surface area contributed by atoms with Gasteiger partial charge in [0.05, 0.1) is 0 Å². The van der Waals surface area contributed by atoms with Gasteiger partial charge in [-0.15, -0.1) is 0 Å². The van der Waals surface area contributed by atoms with Crippen LogP contribution < -0.4 is 5.32 Å². The first-order valence-electron chi connectivity index (χ1n) is 7.42. The maximum atomic E-state index is 3.25. The van der Waals surface area contributed by atoms with Gasteiger partial charge in [0, 0.05) is 32.2 Å². The van der Waals surface area contributed by atoms with Gasteiger partial charge >= 0.3 is 0 Å². The van der Waals surface area contributed by atoms with E-state index in [-0.39, 0.29) is 0 Å². The minimum absolute atomic E-state index is 0.788. The number of nitrogens with zero attached hydrogens (tertiary/aromatic N) is 2. The molecule has 1 saturated heterocycles. The SMILES string of the molecule is CC.CCC(CCNC)N1CCN(CC)CC1. The van der Waals surface area contributed by atoms with Gasteiger partial charge in [-0.2, -0.15) is 0 Å². The molecule has 0 aromatic rings. The molecule has 0 aromatic heterocycles. The third-order valence-corrected chi connectivity index (χ3v) is 3.57. The van der Waals surface area contributed by atoms with E-state index in [9.17, 15) is 0 Å². The highest BCUT2D eigenvalue weighted by Crippen LogP contribution is 2.11. The largest absolute Gasteiger partial charge is 0.320 e. The first-order valence-corrected chi connectivity index (χ1v) is 7.42. The van der Waals surface area contributed by atoms with Crippen LogP contribution in [0.1, 0.15) is 40.5 Å². The number of hydrogen-bond donors (Lipinski definition) is 1. The molecule has 1 N–H and O–H groups in total. The first kappa shape index (κ1) is 16.9. The highest BCUT2D eigenvalue weighted by molar-refractivity contribution is 4.77. The molecule has 0 bridgehead atoms. The summed E-state index contributed by atoms with van der Waals surface area (Å²) in [7, 11) is 2.04. The second kappa shape index (κ2) is 11.0. The topological polar surface area (TPSA) is 18.5 Å². The van der Waals surface area contributed by atoms with Crippen molar-refractivity contribution in [3.05, 3.63) is 0 Å². The van der Waals surface area contributed by atoms with Crippen molar-refractivity contribution < 1.29 is 0 Å². The van der Waals surface area contributed by atoms with Crippen LogP contribution in [0.5, 0.6) is 0 Å². The fourth-order valence-corrected chi connectivity index (χ4v) is 2.40. The van der Waals surface area contributed by atoms with Crippen molar-refractivity contribution in [2.24, 2.45) is 0 Å². The Balaban J connectivity index is 0.00000121. The van der Waals surface area contributed by atoms with Crippen molar-refractivity contribution in [1.29, 1.82) is 0 Å². The van der Waals surface area contributed by atoms with E-state index < -0.39 is 0 Å². The predicted molar refractivity (Wildman–Crippen MR) is 77.7 cm³/mol. The molecular formula is C14H33N3. The Bertz CT molecular complexity index is 154. The average molecular weight is 243 g/mol. The number of piperazine rings is 1. The molecule has 1 atom stereocenters. The highest BCUT2D eigenvalue weighted by atomic mass is 15.3. The Hall–Kier alpha value is -0.120. The van der Waals surface area contributed by atoms with Crippen molar-refractivity contribution in [3.63, 3.8) is 0 Å². The van der Waals surface area contributed by atoms with E-state index in [0.29, 0.717) is 0 Å². The summed E-state index contributed by atoms with van der Waals surface area (Å²) in [6, 6.07) is 0.788. The van der Waals surface area contributed by atoms with E-state index in [1.54, 1.807) is 0 Å². The fourth-order valence-electron chi connectivity index (χ4n) is 2.40. The second-order valence-corrected chi connectivity index (χ2v) is 4.42. The minimum Gasteiger partial charge on any atom is -0.320 e. The fraction of sp³-hybridized carbons (Fsp3) is 1.00. The van der Waals surface area contributed by atoms with E-state index in [2.05, 4.69) is 29.0 Å². The standard InChI is InChI=1S/C12H27N3.C2H6/c1-4-12(6-7-13-3)15-10-8-14(5-2)9-11-15;1-2/h12-13H,4-11H2,1-3H3;1-2H3. The Labute approximate surface area is 109 Å². The monoisotopic (exact) mass is 243 g/mol. The smallest absolute Gasteiger partial charge is 0.0113 e. The zero-order valence-corrected chi connectivity index (χ0v) is 12.6. The van der Waals surface area contributed by atoms with Gasteiger partial charge in [0.15, 0.2) is 0 Å². The van der Waals surface area contributed by atoms with E-state index >= 15 is 0 Å². The lowest BCUT2D eigenvalue weighted by Crippen LogP contribution is -2.50. The molecule has 104 valence electrons. The Morgan fingerprint density at radius 3 is 2.06 bits per heavy atom. The van der Waals surface area contributed by atoms with Gasteiger partial charge in [-0.1, -0.05) is 27.7 Å². The number of likely N-dealkylation sites (N-methyl/N-ethyl adjacent to an activating group) is 1. The van der Waals surface area contributed by atoms with Gasteiger partial charge in [-0.05, 0) is 33.0 Å². The molecule has 3 heteroatoms. The highest BCUT2D eigenvalue weighted by Gasteiger charge is 2.21. The molecule has 17 heavy (non-hydrogen) atoms. The van der Waals surface area contributed by atoms with E-state index in [0.717, 1.165) is 12.6 Å². The predicted octanol–water partition coefficient (Wildman–Crippen LogP) is 2.04. The van der Waals surface area contributed by atoms with Crippen molar-refractivity contribution in [3.8, 4) is 0 Å². The molecule has 0 saturated carbocycles. The zero-order chi connectivity index (χ0) is 13.1. The molecule has 0 amide bonds. The van der Waals surface area contributed by atoms with Crippen molar-refractivity contribution in [2.45, 2.75) is 46.6 Å². The average Bonchev–Trinajstić information content (AvgIpc) is 2.42. The van der Waals surface area contributed by atoms with E-state index in [4.69, 9.17) is 0 Å². The van der Waals surface area contributed by atoms with Gasteiger partial charge in [0.2, 0.25) is 0 Å². The molecule has 1 aliphatic rings. The lowest BCUT2D eigenvalue weighted by atomic mass is 10.1. The summed E-state index contributed by atoms with van der Waals surface area (Å²) in [5, 5.41) is 3.25. The van der Waals surface area contributed by atoms with Gasteiger partial charge in [0.25, 0.3) is 0 Å². The van der Waals surface area contributed by atoms with Crippen LogP contribution in [0.3, 0.4) is 0 Å². The van der Waals surface area contributed by atoms with Crippen LogP contribution in [0.2, 0.25) is 0 Å². The molecule has 0 aromatic carbocycles. The van der Waals surface area contributed by atoms with Crippen LogP contribution in [0.25, 0.3) is 0 Å². The summed E-state index contributed by atoms with van der Waals surface area (Å²) in [6.45, 7) is 16.0. The van der Waals surface area contributed by atoms with Gasteiger partial charge in [0.1, 0.15) is 0 Å². The van der Waals surface area contributed by atoms with Crippen LogP contribution in [0, 0.1) is 0 Å². The maximum absolute atomic E-state index is 3.25. The Kier molecular flexibility index (Phi) is 10.9. The molecule has 1 fully saturated rings. The molecule has 1 rings (SSSR count). The molecule has 3 nitrogen and oxygen atoms in total. The summed E-state index contributed by atoms with van der Waals surface area (Å²) in [5.41, 5.74) is 0. The minimum atomic E-state index is 0.788. The first-order chi connectivity index (χ1) is 8.31. The van der Waals surface area contributed by atoms with Gasteiger partial charge in [-0.3, -0.25) is 4.90 Å². The Morgan fingerprint density at radius 1 is 1.06 bits per heavy atom. The summed E-state index contributed by atoms with van der Waals surface area (Å²) in [5.74, 6) is 0. The van der Waals surface area contributed by atoms with Crippen LogP contribution in [0.15, 0.2) is 0 Å². The molecule has 1 unspecified atom stereocenters. The molecule has 1 aliphatic heterocycles. The lowest BCUT2D eigenvalue weighted by molar-refractivity contribution is 0.0935. The van der Waals surface area contributed by atoms with E-state index in [1.807, 2.05) is 20.9 Å². The van der Waals surface area contributed by atoms with E-state index in [1.165, 1.54) is 45.6 Å². The normalized spacial score (nSPS) is 19.6.